The van der Waals surface area contributed by atoms with E-state index in [-0.39, 0.29) is 24.1 Å². The molecular formula is C21H22N4O3S. The number of nitrogens with one attached hydrogen (secondary N) is 2. The van der Waals surface area contributed by atoms with Gasteiger partial charge in [-0.05, 0) is 49.3 Å². The zero-order valence-electron chi connectivity index (χ0n) is 15.9. The predicted molar refractivity (Wildman–Crippen MR) is 109 cm³/mol. The first-order chi connectivity index (χ1) is 14.1. The molecule has 2 N–H and O–H groups in total. The number of anilines is 1. The van der Waals surface area contributed by atoms with Crippen molar-refractivity contribution in [1.29, 1.82) is 5.26 Å². The Morgan fingerprint density at radius 3 is 2.93 bits per heavy atom. The summed E-state index contributed by atoms with van der Waals surface area (Å²) in [6.45, 7) is 0. The Bertz CT molecular complexity index is 947. The molecule has 2 amide bonds. The number of carbonyl (C=O) groups excluding carboxylic acids is 2. The molecule has 0 saturated heterocycles. The quantitative estimate of drug-likeness (QED) is 0.760. The second kappa shape index (κ2) is 8.62. The Morgan fingerprint density at radius 2 is 2.21 bits per heavy atom. The number of rotatable bonds is 6. The number of aryl methyl sites for hydroxylation is 1. The minimum absolute atomic E-state index is 0.124. The fourth-order valence-electron chi connectivity index (χ4n) is 3.44. The molecule has 1 saturated carbocycles. The van der Waals surface area contributed by atoms with Crippen molar-refractivity contribution >= 4 is 28.3 Å². The Balaban J connectivity index is 1.37. The molecule has 1 unspecified atom stereocenters. The third kappa shape index (κ3) is 4.93. The highest BCUT2D eigenvalue weighted by Gasteiger charge is 2.30. The Labute approximate surface area is 173 Å². The highest BCUT2D eigenvalue weighted by Crippen LogP contribution is 2.38. The van der Waals surface area contributed by atoms with E-state index in [2.05, 4.69) is 21.7 Å². The van der Waals surface area contributed by atoms with E-state index in [1.807, 2.05) is 12.1 Å². The maximum atomic E-state index is 12.4. The van der Waals surface area contributed by atoms with E-state index in [1.54, 1.807) is 12.4 Å². The van der Waals surface area contributed by atoms with Crippen LogP contribution in [0.3, 0.4) is 0 Å². The van der Waals surface area contributed by atoms with Gasteiger partial charge >= 0.3 is 6.09 Å². The first-order valence-electron chi connectivity index (χ1n) is 9.83. The highest BCUT2D eigenvalue weighted by molar-refractivity contribution is 7.16. The second-order valence-corrected chi connectivity index (χ2v) is 8.52. The molecule has 2 heterocycles. The van der Waals surface area contributed by atoms with E-state index in [0.717, 1.165) is 28.8 Å². The average Bonchev–Trinajstić information content (AvgIpc) is 3.46. The number of alkyl carbamates (subject to hydrolysis) is 1. The van der Waals surface area contributed by atoms with Crippen LogP contribution in [-0.2, 0) is 28.8 Å². The predicted octanol–water partition coefficient (Wildman–Crippen LogP) is 3.33. The number of hydrogen-bond acceptors (Lipinski definition) is 6. The van der Waals surface area contributed by atoms with Crippen molar-refractivity contribution in [3.63, 3.8) is 0 Å². The summed E-state index contributed by atoms with van der Waals surface area (Å²) in [6, 6.07) is 6.28. The first-order valence-corrected chi connectivity index (χ1v) is 10.6. The van der Waals surface area contributed by atoms with Crippen LogP contribution in [0, 0.1) is 11.3 Å². The van der Waals surface area contributed by atoms with Gasteiger partial charge in [-0.15, -0.1) is 11.3 Å². The third-order valence-electron chi connectivity index (χ3n) is 5.12. The van der Waals surface area contributed by atoms with Crippen LogP contribution in [0.25, 0.3) is 0 Å². The van der Waals surface area contributed by atoms with Crippen molar-refractivity contribution in [1.82, 2.24) is 10.3 Å². The number of aromatic nitrogens is 1. The largest absolute Gasteiger partial charge is 0.446 e. The van der Waals surface area contributed by atoms with Crippen LogP contribution in [-0.4, -0.2) is 29.1 Å². The van der Waals surface area contributed by atoms with Gasteiger partial charge in [0.15, 0.2) is 0 Å². The van der Waals surface area contributed by atoms with Crippen LogP contribution in [0.15, 0.2) is 24.5 Å². The van der Waals surface area contributed by atoms with E-state index in [4.69, 9.17) is 4.74 Å². The standard InChI is InChI=1S/C21H22N4O3S/c22-11-17-16-7-6-15(28-21(27)24-14-4-5-14)10-18(16)29-20(17)25-19(26)8-3-13-2-1-9-23-12-13/h1-2,9,12,14-15H,3-8,10H2,(H,24,27)(H,25,26). The summed E-state index contributed by atoms with van der Waals surface area (Å²) in [5.74, 6) is -0.124. The fourth-order valence-corrected chi connectivity index (χ4v) is 4.71. The number of nitriles is 1. The molecule has 0 radical (unpaired) electrons. The first kappa shape index (κ1) is 19.4. The second-order valence-electron chi connectivity index (χ2n) is 7.42. The molecule has 7 nitrogen and oxygen atoms in total. The van der Waals surface area contributed by atoms with Crippen molar-refractivity contribution in [2.45, 2.75) is 57.1 Å². The van der Waals surface area contributed by atoms with E-state index in [9.17, 15) is 14.9 Å². The number of fused-ring (bicyclic) bond motifs is 1. The summed E-state index contributed by atoms with van der Waals surface area (Å²) in [4.78, 5) is 29.3. The summed E-state index contributed by atoms with van der Waals surface area (Å²) in [7, 11) is 0. The Hall–Kier alpha value is -2.92. The highest BCUT2D eigenvalue weighted by atomic mass is 32.1. The van der Waals surface area contributed by atoms with Gasteiger partial charge in [-0.1, -0.05) is 6.07 Å². The summed E-state index contributed by atoms with van der Waals surface area (Å²) in [6.07, 6.45) is 7.79. The molecule has 0 bridgehead atoms. The topological polar surface area (TPSA) is 104 Å². The van der Waals surface area contributed by atoms with Gasteiger partial charge in [0, 0.05) is 36.2 Å². The number of carbonyl (C=O) groups is 2. The number of pyridine rings is 1. The maximum Gasteiger partial charge on any atom is 0.407 e. The lowest BCUT2D eigenvalue weighted by molar-refractivity contribution is -0.116. The van der Waals surface area contributed by atoms with Gasteiger partial charge in [-0.3, -0.25) is 9.78 Å². The normalized spacial score (nSPS) is 17.7. The maximum absolute atomic E-state index is 12.4. The SMILES string of the molecule is N#Cc1c(NC(=O)CCc2cccnc2)sc2c1CCC(OC(=O)NC1CC1)C2. The molecule has 8 heteroatoms. The lowest BCUT2D eigenvalue weighted by atomic mass is 9.94. The molecule has 150 valence electrons. The van der Waals surface area contributed by atoms with Crippen LogP contribution in [0.2, 0.25) is 0 Å². The van der Waals surface area contributed by atoms with Crippen molar-refractivity contribution < 1.29 is 14.3 Å². The zero-order valence-corrected chi connectivity index (χ0v) is 16.8. The van der Waals surface area contributed by atoms with Crippen molar-refractivity contribution in [3.8, 4) is 6.07 Å². The minimum Gasteiger partial charge on any atom is -0.446 e. The smallest absolute Gasteiger partial charge is 0.407 e. The zero-order chi connectivity index (χ0) is 20.2. The molecule has 2 aliphatic rings. The molecule has 1 atom stereocenters. The van der Waals surface area contributed by atoms with Gasteiger partial charge in [0.2, 0.25) is 5.91 Å². The molecule has 0 spiro atoms. The lowest BCUT2D eigenvalue weighted by Crippen LogP contribution is -2.32. The van der Waals surface area contributed by atoms with Gasteiger partial charge in [0.05, 0.1) is 5.56 Å². The van der Waals surface area contributed by atoms with Gasteiger partial charge < -0.3 is 15.4 Å². The van der Waals surface area contributed by atoms with Gasteiger partial charge in [-0.2, -0.15) is 5.26 Å². The molecule has 2 aromatic heterocycles. The Morgan fingerprint density at radius 1 is 1.34 bits per heavy atom. The van der Waals surface area contributed by atoms with Crippen LogP contribution >= 0.6 is 11.3 Å². The molecule has 29 heavy (non-hydrogen) atoms. The monoisotopic (exact) mass is 410 g/mol. The molecule has 0 aliphatic heterocycles. The molecule has 2 aliphatic carbocycles. The van der Waals surface area contributed by atoms with Gasteiger partial charge in [-0.25, -0.2) is 4.79 Å². The minimum atomic E-state index is -0.359. The summed E-state index contributed by atoms with van der Waals surface area (Å²) < 4.78 is 5.53. The summed E-state index contributed by atoms with van der Waals surface area (Å²) >= 11 is 1.42. The van der Waals surface area contributed by atoms with Crippen molar-refractivity contribution in [3.05, 3.63) is 46.1 Å². The van der Waals surface area contributed by atoms with Crippen LogP contribution < -0.4 is 10.6 Å². The molecule has 4 rings (SSSR count). The number of amides is 2. The van der Waals surface area contributed by atoms with E-state index in [1.165, 1.54) is 11.3 Å². The van der Waals surface area contributed by atoms with E-state index in [0.29, 0.717) is 42.7 Å². The van der Waals surface area contributed by atoms with Crippen LogP contribution in [0.5, 0.6) is 0 Å². The summed E-state index contributed by atoms with van der Waals surface area (Å²) in [5, 5.41) is 15.9. The van der Waals surface area contributed by atoms with E-state index < -0.39 is 0 Å². The number of ether oxygens (including phenoxy) is 1. The Kier molecular flexibility index (Phi) is 5.76. The number of hydrogen-bond donors (Lipinski definition) is 2. The van der Waals surface area contributed by atoms with Crippen molar-refractivity contribution in [2.75, 3.05) is 5.32 Å². The molecule has 0 aromatic carbocycles. The average molecular weight is 410 g/mol. The van der Waals surface area contributed by atoms with Gasteiger partial charge in [0.25, 0.3) is 0 Å². The number of nitrogens with zero attached hydrogens (tertiary/aromatic N) is 2. The summed E-state index contributed by atoms with van der Waals surface area (Å²) in [5.41, 5.74) is 2.52. The van der Waals surface area contributed by atoms with E-state index >= 15 is 0 Å². The fraction of sp³-hybridized carbons (Fsp3) is 0.429. The lowest BCUT2D eigenvalue weighted by Gasteiger charge is -2.22. The van der Waals surface area contributed by atoms with Crippen LogP contribution in [0.4, 0.5) is 9.80 Å². The molecule has 2 aromatic rings. The molecule has 1 fully saturated rings. The number of thiophene rings is 1. The van der Waals surface area contributed by atoms with Crippen molar-refractivity contribution in [2.24, 2.45) is 0 Å². The van der Waals surface area contributed by atoms with Gasteiger partial charge in [0.1, 0.15) is 17.2 Å². The third-order valence-corrected chi connectivity index (χ3v) is 6.29. The van der Waals surface area contributed by atoms with Crippen LogP contribution in [0.1, 0.15) is 47.3 Å². The molecular weight excluding hydrogens is 388 g/mol.